The van der Waals surface area contributed by atoms with Gasteiger partial charge in [0.25, 0.3) is 0 Å². The highest BCUT2D eigenvalue weighted by atomic mass is 17.2. The van der Waals surface area contributed by atoms with Crippen molar-refractivity contribution in [3.63, 3.8) is 0 Å². The zero-order valence-electron chi connectivity index (χ0n) is 12.3. The first-order valence-corrected chi connectivity index (χ1v) is 6.50. The molecule has 0 radical (unpaired) electrons. The van der Waals surface area contributed by atoms with Gasteiger partial charge in [0.2, 0.25) is 0 Å². The van der Waals surface area contributed by atoms with Crippen LogP contribution in [0.4, 0.5) is 0 Å². The fourth-order valence-corrected chi connectivity index (χ4v) is 1.40. The SMILES string of the molecule is CC(=O)OOC(=O)[C@@H](N)Cc1ccc(OC(=O)[C@@H](C)N)cc1. The van der Waals surface area contributed by atoms with E-state index >= 15 is 0 Å². The lowest BCUT2D eigenvalue weighted by molar-refractivity contribution is -0.258. The van der Waals surface area contributed by atoms with Crippen LogP contribution in [0.15, 0.2) is 24.3 Å². The molecule has 0 heterocycles. The van der Waals surface area contributed by atoms with Gasteiger partial charge >= 0.3 is 17.9 Å². The minimum atomic E-state index is -0.989. The third-order valence-electron chi connectivity index (χ3n) is 2.51. The lowest BCUT2D eigenvalue weighted by Crippen LogP contribution is -2.34. The summed E-state index contributed by atoms with van der Waals surface area (Å²) < 4.78 is 5.00. The van der Waals surface area contributed by atoms with Crippen molar-refractivity contribution >= 4 is 17.9 Å². The maximum atomic E-state index is 11.4. The number of ether oxygens (including phenoxy) is 1. The predicted molar refractivity (Wildman–Crippen MR) is 75.3 cm³/mol. The third-order valence-corrected chi connectivity index (χ3v) is 2.51. The van der Waals surface area contributed by atoms with E-state index in [9.17, 15) is 14.4 Å². The van der Waals surface area contributed by atoms with Gasteiger partial charge < -0.3 is 16.2 Å². The van der Waals surface area contributed by atoms with E-state index < -0.39 is 30.0 Å². The molecule has 0 aromatic heterocycles. The highest BCUT2D eigenvalue weighted by Crippen LogP contribution is 2.14. The maximum Gasteiger partial charge on any atom is 0.372 e. The summed E-state index contributed by atoms with van der Waals surface area (Å²) in [5.74, 6) is -1.82. The summed E-state index contributed by atoms with van der Waals surface area (Å²) in [6, 6.07) is 4.69. The van der Waals surface area contributed by atoms with Crippen molar-refractivity contribution in [3.8, 4) is 5.75 Å². The van der Waals surface area contributed by atoms with E-state index in [1.54, 1.807) is 24.3 Å². The molecule has 8 nitrogen and oxygen atoms in total. The Hall–Kier alpha value is -2.45. The van der Waals surface area contributed by atoms with E-state index in [0.29, 0.717) is 11.3 Å². The van der Waals surface area contributed by atoms with Crippen LogP contribution in [-0.4, -0.2) is 30.0 Å². The van der Waals surface area contributed by atoms with E-state index in [2.05, 4.69) is 9.78 Å². The van der Waals surface area contributed by atoms with Crippen molar-refractivity contribution in [1.82, 2.24) is 0 Å². The quantitative estimate of drug-likeness (QED) is 0.332. The molecule has 8 heteroatoms. The summed E-state index contributed by atoms with van der Waals surface area (Å²) in [5, 5.41) is 0. The second-order valence-electron chi connectivity index (χ2n) is 4.64. The maximum absolute atomic E-state index is 11.4. The van der Waals surface area contributed by atoms with Gasteiger partial charge in [-0.25, -0.2) is 24.2 Å². The summed E-state index contributed by atoms with van der Waals surface area (Å²) in [4.78, 5) is 41.6. The Bertz CT molecular complexity index is 541. The van der Waals surface area contributed by atoms with Crippen LogP contribution < -0.4 is 16.2 Å². The van der Waals surface area contributed by atoms with Crippen LogP contribution >= 0.6 is 0 Å². The van der Waals surface area contributed by atoms with E-state index in [1.165, 1.54) is 6.92 Å². The molecule has 1 aromatic rings. The van der Waals surface area contributed by atoms with Gasteiger partial charge in [0.05, 0.1) is 0 Å². The fraction of sp³-hybridized carbons (Fsp3) is 0.357. The van der Waals surface area contributed by atoms with Gasteiger partial charge in [-0.15, -0.1) is 0 Å². The molecule has 2 atom stereocenters. The molecule has 120 valence electrons. The average molecular weight is 310 g/mol. The second-order valence-corrected chi connectivity index (χ2v) is 4.64. The molecule has 1 aromatic carbocycles. The Morgan fingerprint density at radius 2 is 1.64 bits per heavy atom. The molecule has 0 spiro atoms. The first-order valence-electron chi connectivity index (χ1n) is 6.50. The minimum absolute atomic E-state index is 0.168. The standard InChI is InChI=1S/C14H18N2O6/c1-8(15)13(18)20-11-5-3-10(4-6-11)7-12(16)14(19)22-21-9(2)17/h3-6,8,12H,7,15-16H2,1-2H3/t8-,12+/m1/s1. The van der Waals surface area contributed by atoms with Crippen molar-refractivity contribution < 1.29 is 28.9 Å². The van der Waals surface area contributed by atoms with Gasteiger partial charge in [-0.3, -0.25) is 0 Å². The molecule has 0 aliphatic carbocycles. The monoisotopic (exact) mass is 310 g/mol. The molecule has 22 heavy (non-hydrogen) atoms. The van der Waals surface area contributed by atoms with Crippen molar-refractivity contribution in [1.29, 1.82) is 0 Å². The molecule has 0 amide bonds. The summed E-state index contributed by atoms with van der Waals surface area (Å²) in [7, 11) is 0. The highest BCUT2D eigenvalue weighted by Gasteiger charge is 2.18. The number of esters is 1. The average Bonchev–Trinajstić information content (AvgIpc) is 2.46. The molecule has 0 aliphatic rings. The number of benzene rings is 1. The number of carbonyl (C=O) groups is 3. The van der Waals surface area contributed by atoms with Crippen molar-refractivity contribution in [3.05, 3.63) is 29.8 Å². The molecule has 0 saturated carbocycles. The zero-order valence-corrected chi connectivity index (χ0v) is 12.3. The van der Waals surface area contributed by atoms with Gasteiger partial charge in [-0.2, -0.15) is 0 Å². The first kappa shape index (κ1) is 17.6. The molecule has 1 rings (SSSR count). The van der Waals surface area contributed by atoms with E-state index in [4.69, 9.17) is 16.2 Å². The topological polar surface area (TPSA) is 131 Å². The second kappa shape index (κ2) is 8.11. The summed E-state index contributed by atoms with van der Waals surface area (Å²) in [5.41, 5.74) is 11.7. The largest absolute Gasteiger partial charge is 0.425 e. The summed E-state index contributed by atoms with van der Waals surface area (Å²) >= 11 is 0. The van der Waals surface area contributed by atoms with E-state index in [1.807, 2.05) is 0 Å². The van der Waals surface area contributed by atoms with Crippen LogP contribution in [-0.2, 0) is 30.6 Å². The first-order chi connectivity index (χ1) is 10.3. The third kappa shape index (κ3) is 5.90. The molecular weight excluding hydrogens is 292 g/mol. The van der Waals surface area contributed by atoms with E-state index in [0.717, 1.165) is 6.92 Å². The van der Waals surface area contributed by atoms with Crippen LogP contribution in [0.5, 0.6) is 5.75 Å². The van der Waals surface area contributed by atoms with Crippen molar-refractivity contribution in [2.24, 2.45) is 11.5 Å². The lowest BCUT2D eigenvalue weighted by atomic mass is 10.1. The molecule has 4 N–H and O–H groups in total. The molecule has 0 saturated heterocycles. The Labute approximate surface area is 127 Å². The fourth-order valence-electron chi connectivity index (χ4n) is 1.40. The van der Waals surface area contributed by atoms with Crippen LogP contribution in [0, 0.1) is 0 Å². The van der Waals surface area contributed by atoms with Crippen LogP contribution in [0.1, 0.15) is 19.4 Å². The number of hydrogen-bond donors (Lipinski definition) is 2. The van der Waals surface area contributed by atoms with Gasteiger partial charge in [0.1, 0.15) is 17.8 Å². The normalized spacial score (nSPS) is 12.9. The van der Waals surface area contributed by atoms with Crippen molar-refractivity contribution in [2.45, 2.75) is 32.4 Å². The van der Waals surface area contributed by atoms with Crippen LogP contribution in [0.25, 0.3) is 0 Å². The number of hydrogen-bond acceptors (Lipinski definition) is 8. The summed E-state index contributed by atoms with van der Waals surface area (Å²) in [6.07, 6.45) is 0.168. The highest BCUT2D eigenvalue weighted by molar-refractivity contribution is 5.77. The molecular formula is C14H18N2O6. The van der Waals surface area contributed by atoms with E-state index in [-0.39, 0.29) is 6.42 Å². The minimum Gasteiger partial charge on any atom is -0.425 e. The Balaban J connectivity index is 2.54. The van der Waals surface area contributed by atoms with Crippen molar-refractivity contribution in [2.75, 3.05) is 0 Å². The van der Waals surface area contributed by atoms with Gasteiger partial charge in [0.15, 0.2) is 0 Å². The number of carbonyl (C=O) groups excluding carboxylic acids is 3. The Kier molecular flexibility index (Phi) is 6.48. The molecule has 0 aliphatic heterocycles. The molecule has 0 bridgehead atoms. The van der Waals surface area contributed by atoms with Crippen LogP contribution in [0.3, 0.4) is 0 Å². The lowest BCUT2D eigenvalue weighted by Gasteiger charge is -2.10. The number of nitrogens with two attached hydrogens (primary N) is 2. The molecule has 0 fully saturated rings. The number of rotatable bonds is 5. The Morgan fingerprint density at radius 3 is 2.14 bits per heavy atom. The summed E-state index contributed by atoms with van der Waals surface area (Å²) in [6.45, 7) is 2.62. The van der Waals surface area contributed by atoms with Crippen LogP contribution in [0.2, 0.25) is 0 Å². The predicted octanol–water partition coefficient (Wildman–Crippen LogP) is -0.170. The van der Waals surface area contributed by atoms with Gasteiger partial charge in [-0.05, 0) is 31.0 Å². The van der Waals surface area contributed by atoms with Gasteiger partial charge in [0, 0.05) is 6.92 Å². The molecule has 0 unspecified atom stereocenters. The smallest absolute Gasteiger partial charge is 0.372 e. The van der Waals surface area contributed by atoms with Gasteiger partial charge in [-0.1, -0.05) is 12.1 Å². The zero-order chi connectivity index (χ0) is 16.7. The Morgan fingerprint density at radius 1 is 1.05 bits per heavy atom.